The van der Waals surface area contributed by atoms with Crippen molar-refractivity contribution in [3.05, 3.63) is 12.7 Å². The van der Waals surface area contributed by atoms with E-state index in [4.69, 9.17) is 4.74 Å². The van der Waals surface area contributed by atoms with Crippen LogP contribution in [0.25, 0.3) is 0 Å². The van der Waals surface area contributed by atoms with Gasteiger partial charge in [-0.25, -0.2) is 0 Å². The van der Waals surface area contributed by atoms with Crippen molar-refractivity contribution in [2.24, 2.45) is 5.92 Å². The zero-order valence-electron chi connectivity index (χ0n) is 9.46. The van der Waals surface area contributed by atoms with E-state index in [1.165, 1.54) is 12.8 Å². The number of hydrogen-bond acceptors (Lipinski definition) is 2. The van der Waals surface area contributed by atoms with Gasteiger partial charge in [-0.2, -0.15) is 0 Å². The molecule has 1 heterocycles. The lowest BCUT2D eigenvalue weighted by molar-refractivity contribution is 0.0819. The van der Waals surface area contributed by atoms with Crippen molar-refractivity contribution in [3.63, 3.8) is 0 Å². The summed E-state index contributed by atoms with van der Waals surface area (Å²) in [5.74, 6) is 0.629. The van der Waals surface area contributed by atoms with Crippen LogP contribution in [0.3, 0.4) is 0 Å². The van der Waals surface area contributed by atoms with Gasteiger partial charge in [-0.1, -0.05) is 19.9 Å². The molecule has 0 aromatic carbocycles. The Morgan fingerprint density at radius 1 is 1.57 bits per heavy atom. The molecular formula is C12H23NO. The molecule has 0 saturated carbocycles. The van der Waals surface area contributed by atoms with E-state index in [0.29, 0.717) is 18.1 Å². The first-order valence-corrected chi connectivity index (χ1v) is 5.81. The van der Waals surface area contributed by atoms with Crippen molar-refractivity contribution in [2.45, 2.75) is 45.3 Å². The third kappa shape index (κ3) is 2.82. The SMILES string of the molecule is C=CC(NCCC)C1CCOC1CC. The van der Waals surface area contributed by atoms with Crippen molar-refractivity contribution in [1.29, 1.82) is 0 Å². The molecule has 3 atom stereocenters. The summed E-state index contributed by atoms with van der Waals surface area (Å²) >= 11 is 0. The van der Waals surface area contributed by atoms with Gasteiger partial charge in [0, 0.05) is 18.6 Å². The Kier molecular flexibility index (Phi) is 5.20. The summed E-state index contributed by atoms with van der Waals surface area (Å²) < 4.78 is 5.69. The molecule has 0 bridgehead atoms. The molecular weight excluding hydrogens is 174 g/mol. The van der Waals surface area contributed by atoms with Crippen LogP contribution < -0.4 is 5.32 Å². The van der Waals surface area contributed by atoms with E-state index < -0.39 is 0 Å². The first-order valence-electron chi connectivity index (χ1n) is 5.81. The second kappa shape index (κ2) is 6.20. The van der Waals surface area contributed by atoms with Crippen molar-refractivity contribution >= 4 is 0 Å². The first kappa shape index (κ1) is 11.7. The lowest BCUT2D eigenvalue weighted by Gasteiger charge is -2.25. The fourth-order valence-electron chi connectivity index (χ4n) is 2.22. The predicted octanol–water partition coefficient (Wildman–Crippen LogP) is 2.36. The van der Waals surface area contributed by atoms with Gasteiger partial charge in [0.15, 0.2) is 0 Å². The molecule has 2 heteroatoms. The third-order valence-electron chi connectivity index (χ3n) is 3.01. The summed E-state index contributed by atoms with van der Waals surface area (Å²) in [4.78, 5) is 0. The average Bonchev–Trinajstić information content (AvgIpc) is 2.67. The minimum atomic E-state index is 0.433. The van der Waals surface area contributed by atoms with E-state index >= 15 is 0 Å². The van der Waals surface area contributed by atoms with Crippen molar-refractivity contribution in [3.8, 4) is 0 Å². The van der Waals surface area contributed by atoms with Gasteiger partial charge in [-0.3, -0.25) is 0 Å². The molecule has 1 N–H and O–H groups in total. The molecule has 1 rings (SSSR count). The summed E-state index contributed by atoms with van der Waals surface area (Å²) in [6.07, 6.45) is 5.93. The fraction of sp³-hybridized carbons (Fsp3) is 0.833. The topological polar surface area (TPSA) is 21.3 Å². The van der Waals surface area contributed by atoms with Crippen LogP contribution >= 0.6 is 0 Å². The lowest BCUT2D eigenvalue weighted by atomic mass is 9.91. The van der Waals surface area contributed by atoms with E-state index in [9.17, 15) is 0 Å². The Hall–Kier alpha value is -0.340. The zero-order chi connectivity index (χ0) is 10.4. The Morgan fingerprint density at radius 3 is 2.93 bits per heavy atom. The Balaban J connectivity index is 2.45. The van der Waals surface area contributed by atoms with Gasteiger partial charge < -0.3 is 10.1 Å². The van der Waals surface area contributed by atoms with Crippen molar-refractivity contribution < 1.29 is 4.74 Å². The quantitative estimate of drug-likeness (QED) is 0.660. The number of nitrogens with one attached hydrogen (secondary N) is 1. The summed E-state index contributed by atoms with van der Waals surface area (Å²) in [6, 6.07) is 0.433. The largest absolute Gasteiger partial charge is 0.378 e. The summed E-state index contributed by atoms with van der Waals surface area (Å²) in [7, 11) is 0. The van der Waals surface area contributed by atoms with Crippen LogP contribution in [-0.4, -0.2) is 25.3 Å². The predicted molar refractivity (Wildman–Crippen MR) is 60.4 cm³/mol. The average molecular weight is 197 g/mol. The minimum Gasteiger partial charge on any atom is -0.378 e. The van der Waals surface area contributed by atoms with E-state index in [0.717, 1.165) is 19.6 Å². The van der Waals surface area contributed by atoms with Gasteiger partial charge in [0.25, 0.3) is 0 Å². The van der Waals surface area contributed by atoms with Gasteiger partial charge in [-0.15, -0.1) is 6.58 Å². The van der Waals surface area contributed by atoms with E-state index in [1.54, 1.807) is 0 Å². The Morgan fingerprint density at radius 2 is 2.36 bits per heavy atom. The molecule has 3 unspecified atom stereocenters. The highest BCUT2D eigenvalue weighted by Crippen LogP contribution is 2.26. The van der Waals surface area contributed by atoms with Gasteiger partial charge in [-0.05, 0) is 25.8 Å². The Bertz CT molecular complexity index is 170. The van der Waals surface area contributed by atoms with Crippen LogP contribution in [0.2, 0.25) is 0 Å². The van der Waals surface area contributed by atoms with Crippen molar-refractivity contribution in [2.75, 3.05) is 13.2 Å². The molecule has 1 fully saturated rings. The van der Waals surface area contributed by atoms with Crippen molar-refractivity contribution in [1.82, 2.24) is 5.32 Å². The Labute approximate surface area is 87.7 Å². The maximum atomic E-state index is 5.69. The molecule has 1 saturated heterocycles. The highest BCUT2D eigenvalue weighted by molar-refractivity contribution is 4.95. The fourth-order valence-corrected chi connectivity index (χ4v) is 2.22. The number of ether oxygens (including phenoxy) is 1. The van der Waals surface area contributed by atoms with Crippen LogP contribution in [0.1, 0.15) is 33.1 Å². The monoisotopic (exact) mass is 197 g/mol. The summed E-state index contributed by atoms with van der Waals surface area (Å²) in [6.45, 7) is 10.3. The van der Waals surface area contributed by atoms with Crippen LogP contribution in [-0.2, 0) is 4.74 Å². The minimum absolute atomic E-state index is 0.433. The molecule has 0 spiro atoms. The molecule has 0 radical (unpaired) electrons. The maximum Gasteiger partial charge on any atom is 0.0619 e. The van der Waals surface area contributed by atoms with E-state index in [1.807, 2.05) is 6.08 Å². The molecule has 0 aromatic heterocycles. The zero-order valence-corrected chi connectivity index (χ0v) is 9.46. The molecule has 82 valence electrons. The van der Waals surface area contributed by atoms with Crippen LogP contribution in [0, 0.1) is 5.92 Å². The number of hydrogen-bond donors (Lipinski definition) is 1. The van der Waals surface area contributed by atoms with Crippen LogP contribution in [0.15, 0.2) is 12.7 Å². The summed E-state index contributed by atoms with van der Waals surface area (Å²) in [5, 5.41) is 3.53. The van der Waals surface area contributed by atoms with E-state index in [-0.39, 0.29) is 0 Å². The standard InChI is InChI=1S/C12H23NO/c1-4-8-13-11(5-2)10-7-9-14-12(10)6-3/h5,10-13H,2,4,6-9H2,1,3H3. The normalized spacial score (nSPS) is 29.0. The lowest BCUT2D eigenvalue weighted by Crippen LogP contribution is -2.38. The smallest absolute Gasteiger partial charge is 0.0619 e. The summed E-state index contributed by atoms with van der Waals surface area (Å²) in [5.41, 5.74) is 0. The molecule has 1 aliphatic rings. The third-order valence-corrected chi connectivity index (χ3v) is 3.01. The number of rotatable bonds is 6. The van der Waals surface area contributed by atoms with E-state index in [2.05, 4.69) is 25.7 Å². The molecule has 1 aliphatic heterocycles. The van der Waals surface area contributed by atoms with Gasteiger partial charge in [0.2, 0.25) is 0 Å². The molecule has 2 nitrogen and oxygen atoms in total. The molecule has 0 amide bonds. The molecule has 0 aliphatic carbocycles. The second-order valence-corrected chi connectivity index (χ2v) is 3.99. The maximum absolute atomic E-state index is 5.69. The van der Waals surface area contributed by atoms with Gasteiger partial charge >= 0.3 is 0 Å². The van der Waals surface area contributed by atoms with Gasteiger partial charge in [0.1, 0.15) is 0 Å². The highest BCUT2D eigenvalue weighted by atomic mass is 16.5. The highest BCUT2D eigenvalue weighted by Gasteiger charge is 2.31. The molecule has 0 aromatic rings. The molecule has 14 heavy (non-hydrogen) atoms. The second-order valence-electron chi connectivity index (χ2n) is 3.99. The van der Waals surface area contributed by atoms with Crippen LogP contribution in [0.4, 0.5) is 0 Å². The first-order chi connectivity index (χ1) is 6.83. The van der Waals surface area contributed by atoms with Crippen LogP contribution in [0.5, 0.6) is 0 Å². The van der Waals surface area contributed by atoms with Gasteiger partial charge in [0.05, 0.1) is 6.10 Å².